The molecule has 0 bridgehead atoms. The van der Waals surface area contributed by atoms with Crippen molar-refractivity contribution in [2.45, 2.75) is 91.4 Å². The summed E-state index contributed by atoms with van der Waals surface area (Å²) < 4.78 is 42.4. The highest BCUT2D eigenvalue weighted by Gasteiger charge is 2.48. The molecule has 0 aromatic heterocycles. The molecule has 0 amide bonds. The molecule has 2 saturated heterocycles. The van der Waals surface area contributed by atoms with Gasteiger partial charge in [0.15, 0.2) is 12.6 Å². The lowest BCUT2D eigenvalue weighted by Gasteiger charge is -2.49. The van der Waals surface area contributed by atoms with Crippen LogP contribution in [0.15, 0.2) is 0 Å². The van der Waals surface area contributed by atoms with Crippen molar-refractivity contribution in [3.63, 3.8) is 0 Å². The number of ether oxygens (including phenoxy) is 7. The van der Waals surface area contributed by atoms with Gasteiger partial charge < -0.3 is 33.2 Å². The van der Waals surface area contributed by atoms with E-state index >= 15 is 0 Å². The Morgan fingerprint density at radius 1 is 0.613 bits per heavy atom. The largest absolute Gasteiger partial charge is 0.379 e. The average molecular weight is 447 g/mol. The zero-order chi connectivity index (χ0) is 23.0. The molecule has 7 nitrogen and oxygen atoms in total. The first-order valence-electron chi connectivity index (χ1n) is 12.1. The Labute approximate surface area is 189 Å². The van der Waals surface area contributed by atoms with E-state index in [2.05, 4.69) is 41.5 Å². The summed E-state index contributed by atoms with van der Waals surface area (Å²) in [5, 5.41) is 0. The van der Waals surface area contributed by atoms with Gasteiger partial charge in [0.05, 0.1) is 25.4 Å². The first-order valence-corrected chi connectivity index (χ1v) is 12.1. The van der Waals surface area contributed by atoms with Crippen LogP contribution in [-0.2, 0) is 33.2 Å². The van der Waals surface area contributed by atoms with Crippen molar-refractivity contribution in [2.75, 3.05) is 40.6 Å². The molecule has 7 heteroatoms. The SMILES string of the molecule is CCCOCC1O[C@H](OC)C(C)[C@H](C)[C@@H]1O[C@@H]1OC(COCCC)[C@H](OC)[C@@H](C)C1C. The molecule has 0 spiro atoms. The van der Waals surface area contributed by atoms with Gasteiger partial charge in [-0.15, -0.1) is 0 Å². The molecule has 2 aliphatic heterocycles. The Morgan fingerprint density at radius 2 is 1.10 bits per heavy atom. The summed E-state index contributed by atoms with van der Waals surface area (Å²) in [4.78, 5) is 0. The van der Waals surface area contributed by atoms with E-state index in [1.54, 1.807) is 14.2 Å². The van der Waals surface area contributed by atoms with E-state index < -0.39 is 0 Å². The minimum Gasteiger partial charge on any atom is -0.379 e. The van der Waals surface area contributed by atoms with E-state index in [1.165, 1.54) is 0 Å². The molecule has 2 fully saturated rings. The van der Waals surface area contributed by atoms with E-state index in [9.17, 15) is 0 Å². The minimum absolute atomic E-state index is 0.0211. The number of rotatable bonds is 12. The van der Waals surface area contributed by atoms with Gasteiger partial charge in [0.25, 0.3) is 0 Å². The van der Waals surface area contributed by atoms with Crippen molar-refractivity contribution >= 4 is 0 Å². The van der Waals surface area contributed by atoms with Gasteiger partial charge in [-0.05, 0) is 24.7 Å². The first kappa shape index (κ1) is 27.0. The molecule has 4 unspecified atom stereocenters. The summed E-state index contributed by atoms with van der Waals surface area (Å²) in [5.41, 5.74) is 0. The molecule has 2 heterocycles. The molecule has 31 heavy (non-hydrogen) atoms. The molecule has 0 saturated carbocycles. The Morgan fingerprint density at radius 3 is 1.61 bits per heavy atom. The fraction of sp³-hybridized carbons (Fsp3) is 1.00. The second-order valence-electron chi connectivity index (χ2n) is 9.21. The molecular formula is C24H46O7. The Hall–Kier alpha value is -0.280. The third-order valence-corrected chi connectivity index (χ3v) is 6.96. The summed E-state index contributed by atoms with van der Waals surface area (Å²) in [5.74, 6) is 0.879. The van der Waals surface area contributed by atoms with E-state index in [0.29, 0.717) is 26.4 Å². The topological polar surface area (TPSA) is 64.6 Å². The lowest BCUT2D eigenvalue weighted by atomic mass is 9.83. The summed E-state index contributed by atoms with van der Waals surface area (Å²) in [6, 6.07) is 0. The molecule has 0 aliphatic carbocycles. The summed E-state index contributed by atoms with van der Waals surface area (Å²) in [6.07, 6.45) is 0.799. The fourth-order valence-corrected chi connectivity index (χ4v) is 4.63. The lowest BCUT2D eigenvalue weighted by Crippen LogP contribution is -2.58. The van der Waals surface area contributed by atoms with Gasteiger partial charge in [-0.2, -0.15) is 0 Å². The van der Waals surface area contributed by atoms with Gasteiger partial charge in [0, 0.05) is 39.3 Å². The number of hydrogen-bond donors (Lipinski definition) is 0. The zero-order valence-corrected chi connectivity index (χ0v) is 20.9. The van der Waals surface area contributed by atoms with Crippen LogP contribution in [0.1, 0.15) is 54.4 Å². The van der Waals surface area contributed by atoms with Crippen LogP contribution >= 0.6 is 0 Å². The molecular weight excluding hydrogens is 400 g/mol. The van der Waals surface area contributed by atoms with Gasteiger partial charge in [-0.25, -0.2) is 0 Å². The second-order valence-corrected chi connectivity index (χ2v) is 9.21. The zero-order valence-electron chi connectivity index (χ0n) is 20.9. The van der Waals surface area contributed by atoms with E-state index in [-0.39, 0.29) is 60.7 Å². The maximum Gasteiger partial charge on any atom is 0.161 e. The quantitative estimate of drug-likeness (QED) is 0.422. The smallest absolute Gasteiger partial charge is 0.161 e. The van der Waals surface area contributed by atoms with Crippen LogP contribution in [0.4, 0.5) is 0 Å². The number of methoxy groups -OCH3 is 2. The first-order chi connectivity index (χ1) is 14.9. The van der Waals surface area contributed by atoms with Crippen molar-refractivity contribution in [2.24, 2.45) is 23.7 Å². The third kappa shape index (κ3) is 6.85. The van der Waals surface area contributed by atoms with Crippen molar-refractivity contribution < 1.29 is 33.2 Å². The third-order valence-electron chi connectivity index (χ3n) is 6.96. The Balaban J connectivity index is 2.13. The highest BCUT2D eigenvalue weighted by molar-refractivity contribution is 4.90. The van der Waals surface area contributed by atoms with Crippen LogP contribution < -0.4 is 0 Å². The van der Waals surface area contributed by atoms with Gasteiger partial charge in [0.1, 0.15) is 12.2 Å². The molecule has 0 aromatic carbocycles. The highest BCUT2D eigenvalue weighted by atomic mass is 16.7. The standard InChI is InChI=1S/C24H46O7/c1-9-11-27-13-19-21(25-7)15(3)18(6)24(30-19)31-22-16(4)17(5)23(26-8)29-20(22)14-28-12-10-2/h15-24H,9-14H2,1-8H3/t15-,16-,17?,18?,19?,20?,21+,22-,23-,24-/m0/s1. The van der Waals surface area contributed by atoms with Crippen LogP contribution in [0.5, 0.6) is 0 Å². The van der Waals surface area contributed by atoms with Crippen molar-refractivity contribution in [1.82, 2.24) is 0 Å². The van der Waals surface area contributed by atoms with Crippen LogP contribution in [0.25, 0.3) is 0 Å². The summed E-state index contributed by atoms with van der Waals surface area (Å²) in [7, 11) is 3.44. The highest BCUT2D eigenvalue weighted by Crippen LogP contribution is 2.38. The predicted octanol–water partition coefficient (Wildman–Crippen LogP) is 3.88. The van der Waals surface area contributed by atoms with Gasteiger partial charge in [-0.3, -0.25) is 0 Å². The maximum absolute atomic E-state index is 6.67. The van der Waals surface area contributed by atoms with Crippen molar-refractivity contribution in [3.8, 4) is 0 Å². The van der Waals surface area contributed by atoms with Crippen LogP contribution in [-0.4, -0.2) is 77.6 Å². The number of hydrogen-bond acceptors (Lipinski definition) is 7. The molecule has 2 rings (SSSR count). The lowest BCUT2D eigenvalue weighted by molar-refractivity contribution is -0.332. The minimum atomic E-state index is -0.354. The van der Waals surface area contributed by atoms with E-state index in [0.717, 1.165) is 12.8 Å². The normalized spacial score (nSPS) is 41.4. The molecule has 0 radical (unpaired) electrons. The molecule has 0 N–H and O–H groups in total. The average Bonchev–Trinajstić information content (AvgIpc) is 2.76. The van der Waals surface area contributed by atoms with Crippen molar-refractivity contribution in [3.05, 3.63) is 0 Å². The second kappa shape index (κ2) is 13.4. The van der Waals surface area contributed by atoms with E-state index in [1.807, 2.05) is 0 Å². The van der Waals surface area contributed by atoms with Crippen LogP contribution in [0.3, 0.4) is 0 Å². The molecule has 10 atom stereocenters. The van der Waals surface area contributed by atoms with Crippen molar-refractivity contribution in [1.29, 1.82) is 0 Å². The van der Waals surface area contributed by atoms with Gasteiger partial charge in [-0.1, -0.05) is 41.5 Å². The summed E-state index contributed by atoms with van der Waals surface area (Å²) >= 11 is 0. The van der Waals surface area contributed by atoms with Gasteiger partial charge >= 0.3 is 0 Å². The molecule has 184 valence electrons. The van der Waals surface area contributed by atoms with Gasteiger partial charge in [0.2, 0.25) is 0 Å². The maximum atomic E-state index is 6.67. The Kier molecular flexibility index (Phi) is 11.7. The van der Waals surface area contributed by atoms with Crippen LogP contribution in [0.2, 0.25) is 0 Å². The molecule has 0 aromatic rings. The van der Waals surface area contributed by atoms with E-state index in [4.69, 9.17) is 33.2 Å². The summed E-state index contributed by atoms with van der Waals surface area (Å²) in [6.45, 7) is 15.3. The molecule has 2 aliphatic rings. The predicted molar refractivity (Wildman–Crippen MR) is 119 cm³/mol. The fourth-order valence-electron chi connectivity index (χ4n) is 4.63. The monoisotopic (exact) mass is 446 g/mol. The Bertz CT molecular complexity index is 491. The van der Waals surface area contributed by atoms with Crippen LogP contribution in [0, 0.1) is 23.7 Å².